The number of unbranched alkanes of at least 4 members (excludes halogenated alkanes) is 1. The highest BCUT2D eigenvalue weighted by Crippen LogP contribution is 2.28. The van der Waals surface area contributed by atoms with Crippen molar-refractivity contribution in [1.29, 1.82) is 0 Å². The van der Waals surface area contributed by atoms with Crippen molar-refractivity contribution in [1.82, 2.24) is 5.32 Å². The molecule has 5 nitrogen and oxygen atoms in total. The Bertz CT molecular complexity index is 796. The van der Waals surface area contributed by atoms with Gasteiger partial charge in [-0.15, -0.1) is 0 Å². The second kappa shape index (κ2) is 10.6. The molecule has 29 heavy (non-hydrogen) atoms. The van der Waals surface area contributed by atoms with Gasteiger partial charge in [-0.2, -0.15) is 0 Å². The van der Waals surface area contributed by atoms with Crippen LogP contribution >= 0.6 is 0 Å². The third kappa shape index (κ3) is 6.93. The number of carbonyl (C=O) groups is 2. The summed E-state index contributed by atoms with van der Waals surface area (Å²) in [6.45, 7) is 9.25. The molecular weight excluding hydrogens is 364 g/mol. The maximum absolute atomic E-state index is 12.1. The molecule has 0 heterocycles. The summed E-state index contributed by atoms with van der Waals surface area (Å²) in [6, 6.07) is 14.7. The molecular formula is C24H32N2O3. The van der Waals surface area contributed by atoms with E-state index in [9.17, 15) is 9.59 Å². The fraction of sp³-hybridized carbons (Fsp3) is 0.417. The Morgan fingerprint density at radius 2 is 1.62 bits per heavy atom. The molecule has 0 aliphatic carbocycles. The van der Waals surface area contributed by atoms with E-state index in [0.717, 1.165) is 19.3 Å². The zero-order valence-corrected chi connectivity index (χ0v) is 17.9. The Balaban J connectivity index is 1.82. The van der Waals surface area contributed by atoms with Crippen molar-refractivity contribution in [2.24, 2.45) is 0 Å². The summed E-state index contributed by atoms with van der Waals surface area (Å²) in [7, 11) is 0. The number of hydrogen-bond donors (Lipinski definition) is 2. The minimum absolute atomic E-state index is 0.0736. The van der Waals surface area contributed by atoms with Crippen LogP contribution in [0.3, 0.4) is 0 Å². The lowest BCUT2D eigenvalue weighted by Gasteiger charge is -2.23. The normalized spacial score (nSPS) is 11.0. The van der Waals surface area contributed by atoms with Crippen LogP contribution in [0.2, 0.25) is 0 Å². The van der Waals surface area contributed by atoms with Crippen molar-refractivity contribution >= 4 is 17.5 Å². The second-order valence-electron chi connectivity index (χ2n) is 7.79. The number of rotatable bonds is 10. The third-order valence-corrected chi connectivity index (χ3v) is 5.14. The predicted molar refractivity (Wildman–Crippen MR) is 118 cm³/mol. The van der Waals surface area contributed by atoms with Crippen LogP contribution in [0.1, 0.15) is 62.9 Å². The Morgan fingerprint density at radius 1 is 0.966 bits per heavy atom. The van der Waals surface area contributed by atoms with Gasteiger partial charge in [0.25, 0.3) is 11.8 Å². The largest absolute Gasteiger partial charge is 0.484 e. The average Bonchev–Trinajstić information content (AvgIpc) is 2.73. The Labute approximate surface area is 173 Å². The summed E-state index contributed by atoms with van der Waals surface area (Å²) in [6.07, 6.45) is 3.04. The first kappa shape index (κ1) is 22.5. The maximum Gasteiger partial charge on any atom is 0.262 e. The first-order valence-electron chi connectivity index (χ1n) is 10.3. The minimum atomic E-state index is -0.247. The van der Waals surface area contributed by atoms with E-state index in [1.165, 1.54) is 5.56 Å². The molecule has 0 saturated heterocycles. The number of nitrogens with one attached hydrogen (secondary N) is 2. The summed E-state index contributed by atoms with van der Waals surface area (Å²) < 4.78 is 5.58. The molecule has 0 aliphatic rings. The predicted octanol–water partition coefficient (Wildman–Crippen LogP) is 4.92. The van der Waals surface area contributed by atoms with E-state index in [4.69, 9.17) is 4.74 Å². The molecule has 0 radical (unpaired) electrons. The Kier molecular flexibility index (Phi) is 8.25. The van der Waals surface area contributed by atoms with Gasteiger partial charge in [0.1, 0.15) is 5.75 Å². The van der Waals surface area contributed by atoms with Gasteiger partial charge in [-0.05, 0) is 60.2 Å². The molecule has 0 aliphatic heterocycles. The second-order valence-corrected chi connectivity index (χ2v) is 7.79. The van der Waals surface area contributed by atoms with E-state index in [-0.39, 0.29) is 23.8 Å². The average molecular weight is 397 g/mol. The van der Waals surface area contributed by atoms with Crippen molar-refractivity contribution in [2.75, 3.05) is 18.5 Å². The highest BCUT2D eigenvalue weighted by Gasteiger charge is 2.17. The van der Waals surface area contributed by atoms with Gasteiger partial charge in [-0.25, -0.2) is 0 Å². The van der Waals surface area contributed by atoms with Crippen LogP contribution in [-0.4, -0.2) is 25.0 Å². The van der Waals surface area contributed by atoms with Crippen molar-refractivity contribution in [2.45, 2.75) is 52.4 Å². The van der Waals surface area contributed by atoms with Crippen molar-refractivity contribution in [3.63, 3.8) is 0 Å². The molecule has 0 spiro atoms. The quantitative estimate of drug-likeness (QED) is 0.560. The molecule has 2 rings (SSSR count). The molecule has 2 N–H and O–H groups in total. The van der Waals surface area contributed by atoms with Crippen molar-refractivity contribution in [3.05, 3.63) is 59.7 Å². The highest BCUT2D eigenvalue weighted by atomic mass is 16.5. The third-order valence-electron chi connectivity index (χ3n) is 5.14. The van der Waals surface area contributed by atoms with Crippen LogP contribution < -0.4 is 15.4 Å². The van der Waals surface area contributed by atoms with Crippen molar-refractivity contribution in [3.8, 4) is 5.75 Å². The summed E-state index contributed by atoms with van der Waals surface area (Å²) in [5.41, 5.74) is 2.57. The summed E-state index contributed by atoms with van der Waals surface area (Å²) >= 11 is 0. The maximum atomic E-state index is 12.1. The van der Waals surface area contributed by atoms with Crippen LogP contribution in [0.25, 0.3) is 0 Å². The van der Waals surface area contributed by atoms with Crippen LogP contribution in [0, 0.1) is 0 Å². The number of benzene rings is 2. The van der Waals surface area contributed by atoms with Gasteiger partial charge in [0.2, 0.25) is 0 Å². The van der Waals surface area contributed by atoms with E-state index >= 15 is 0 Å². The first-order chi connectivity index (χ1) is 13.9. The number of ether oxygens (including phenoxy) is 1. The number of carbonyl (C=O) groups excluding carboxylic acids is 2. The molecule has 2 amide bonds. The molecule has 2 aromatic carbocycles. The molecule has 0 fully saturated rings. The molecule has 0 unspecified atom stereocenters. The van der Waals surface area contributed by atoms with E-state index in [0.29, 0.717) is 23.5 Å². The van der Waals surface area contributed by atoms with Gasteiger partial charge in [-0.3, -0.25) is 9.59 Å². The molecule has 0 atom stereocenters. The summed E-state index contributed by atoms with van der Waals surface area (Å²) in [4.78, 5) is 24.1. The van der Waals surface area contributed by atoms with Gasteiger partial charge in [0.15, 0.2) is 6.61 Å². The SMILES string of the molecule is CCCCNC(=O)c1ccc(NC(=O)COc2ccc(C(C)(C)CC)cc2)cc1. The fourth-order valence-electron chi connectivity index (χ4n) is 2.74. The van der Waals surface area contributed by atoms with Crippen LogP contribution in [0.15, 0.2) is 48.5 Å². The standard InChI is InChI=1S/C24H32N2O3/c1-5-7-16-25-23(28)18-8-12-20(13-9-18)26-22(27)17-29-21-14-10-19(11-15-21)24(3,4)6-2/h8-15H,5-7,16-17H2,1-4H3,(H,25,28)(H,26,27). The Morgan fingerprint density at radius 3 is 2.21 bits per heavy atom. The highest BCUT2D eigenvalue weighted by molar-refractivity contribution is 5.96. The molecule has 0 aromatic heterocycles. The zero-order valence-electron chi connectivity index (χ0n) is 17.9. The van der Waals surface area contributed by atoms with Gasteiger partial charge < -0.3 is 15.4 Å². The van der Waals surface area contributed by atoms with E-state index in [1.54, 1.807) is 24.3 Å². The molecule has 156 valence electrons. The summed E-state index contributed by atoms with van der Waals surface area (Å²) in [5, 5.41) is 5.65. The number of hydrogen-bond acceptors (Lipinski definition) is 3. The molecule has 2 aromatic rings. The minimum Gasteiger partial charge on any atom is -0.484 e. The van der Waals surface area contributed by atoms with Crippen LogP contribution in [-0.2, 0) is 10.2 Å². The smallest absolute Gasteiger partial charge is 0.262 e. The van der Waals surface area contributed by atoms with Crippen LogP contribution in [0.4, 0.5) is 5.69 Å². The topological polar surface area (TPSA) is 67.4 Å². The summed E-state index contributed by atoms with van der Waals surface area (Å²) in [5.74, 6) is 0.312. The van der Waals surface area contributed by atoms with Gasteiger partial charge in [0, 0.05) is 17.8 Å². The van der Waals surface area contributed by atoms with Crippen LogP contribution in [0.5, 0.6) is 5.75 Å². The first-order valence-corrected chi connectivity index (χ1v) is 10.3. The van der Waals surface area contributed by atoms with E-state index < -0.39 is 0 Å². The molecule has 0 saturated carbocycles. The number of anilines is 1. The molecule has 5 heteroatoms. The van der Waals surface area contributed by atoms with Crippen molar-refractivity contribution < 1.29 is 14.3 Å². The Hall–Kier alpha value is -2.82. The number of amides is 2. The van der Waals surface area contributed by atoms with Gasteiger partial charge >= 0.3 is 0 Å². The zero-order chi connectivity index (χ0) is 21.3. The van der Waals surface area contributed by atoms with E-state index in [2.05, 4.69) is 38.3 Å². The monoisotopic (exact) mass is 396 g/mol. The van der Waals surface area contributed by atoms with Gasteiger partial charge in [-0.1, -0.05) is 46.2 Å². The fourth-order valence-corrected chi connectivity index (χ4v) is 2.74. The molecule has 0 bridgehead atoms. The van der Waals surface area contributed by atoms with Gasteiger partial charge in [0.05, 0.1) is 0 Å². The van der Waals surface area contributed by atoms with E-state index in [1.807, 2.05) is 24.3 Å². The lowest BCUT2D eigenvalue weighted by molar-refractivity contribution is -0.118. The lowest BCUT2D eigenvalue weighted by Crippen LogP contribution is -2.24. The lowest BCUT2D eigenvalue weighted by atomic mass is 9.82.